The van der Waals surface area contributed by atoms with Crippen molar-refractivity contribution < 1.29 is 22.7 Å². The number of esters is 1. The van der Waals surface area contributed by atoms with E-state index in [9.17, 15) is 18.0 Å². The Hall–Kier alpha value is -1.34. The predicted molar refractivity (Wildman–Crippen MR) is 69.4 cm³/mol. The lowest BCUT2D eigenvalue weighted by atomic mass is 10.2. The lowest BCUT2D eigenvalue weighted by Gasteiger charge is -2.21. The quantitative estimate of drug-likeness (QED) is 0.482. The van der Waals surface area contributed by atoms with E-state index < -0.39 is 17.1 Å². The number of thioether (sulfide) groups is 1. The molecule has 0 spiro atoms. The molecule has 0 aromatic heterocycles. The van der Waals surface area contributed by atoms with Gasteiger partial charge in [0.25, 0.3) is 0 Å². The number of carbonyl (C=O) groups is 1. The SMILES string of the molecule is O=C(OCc1ccccc1)C1=CN(C(F)(F)F)C(Cl)S1. The molecule has 0 saturated heterocycles. The third-order valence-corrected chi connectivity index (χ3v) is 3.83. The molecular weight excluding hydrogens is 315 g/mol. The van der Waals surface area contributed by atoms with Gasteiger partial charge in [-0.15, -0.1) is 0 Å². The topological polar surface area (TPSA) is 29.5 Å². The zero-order valence-electron chi connectivity index (χ0n) is 9.93. The number of hydrogen-bond acceptors (Lipinski definition) is 4. The Kier molecular flexibility index (Phi) is 4.49. The van der Waals surface area contributed by atoms with Gasteiger partial charge in [0, 0.05) is 6.20 Å². The summed E-state index contributed by atoms with van der Waals surface area (Å²) in [4.78, 5) is 10.1. The summed E-state index contributed by atoms with van der Waals surface area (Å²) in [7, 11) is 0. The Morgan fingerprint density at radius 3 is 2.55 bits per heavy atom. The summed E-state index contributed by atoms with van der Waals surface area (Å²) in [5, 5.41) is 0. The van der Waals surface area contributed by atoms with Crippen molar-refractivity contribution in [1.29, 1.82) is 0 Å². The molecule has 20 heavy (non-hydrogen) atoms. The molecular formula is C12H9ClF3NO2S. The minimum atomic E-state index is -4.62. The average Bonchev–Trinajstić information content (AvgIpc) is 2.79. The first-order valence-corrected chi connectivity index (χ1v) is 6.78. The molecule has 3 nitrogen and oxygen atoms in total. The molecule has 0 saturated carbocycles. The molecule has 0 bridgehead atoms. The Bertz CT molecular complexity index is 521. The van der Waals surface area contributed by atoms with Gasteiger partial charge in [-0.25, -0.2) is 4.79 Å². The third-order valence-electron chi connectivity index (χ3n) is 2.41. The molecule has 1 aromatic carbocycles. The first-order valence-electron chi connectivity index (χ1n) is 5.46. The Morgan fingerprint density at radius 2 is 2.00 bits per heavy atom. The van der Waals surface area contributed by atoms with Crippen LogP contribution in [0, 0.1) is 0 Å². The zero-order chi connectivity index (χ0) is 14.8. The van der Waals surface area contributed by atoms with Crippen LogP contribution >= 0.6 is 23.4 Å². The van der Waals surface area contributed by atoms with E-state index in [0.29, 0.717) is 18.0 Å². The van der Waals surface area contributed by atoms with E-state index in [0.717, 1.165) is 5.56 Å². The number of rotatable bonds is 3. The van der Waals surface area contributed by atoms with Crippen LogP contribution in [-0.2, 0) is 16.1 Å². The van der Waals surface area contributed by atoms with E-state index in [1.807, 2.05) is 0 Å². The second kappa shape index (κ2) is 5.97. The van der Waals surface area contributed by atoms with E-state index in [-0.39, 0.29) is 16.4 Å². The van der Waals surface area contributed by atoms with Crippen LogP contribution in [0.25, 0.3) is 0 Å². The summed E-state index contributed by atoms with van der Waals surface area (Å²) in [5.74, 6) is -0.823. The minimum absolute atomic E-state index is 0.00343. The number of hydrogen-bond donors (Lipinski definition) is 0. The molecule has 108 valence electrons. The van der Waals surface area contributed by atoms with Crippen LogP contribution < -0.4 is 0 Å². The highest BCUT2D eigenvalue weighted by Gasteiger charge is 2.44. The van der Waals surface area contributed by atoms with Crippen molar-refractivity contribution in [3.05, 3.63) is 47.0 Å². The largest absolute Gasteiger partial charge is 0.486 e. The standard InChI is InChI=1S/C12H9ClF3NO2S/c13-11-17(12(14,15)16)6-9(20-11)10(18)19-7-8-4-2-1-3-5-8/h1-6,11H,7H2. The van der Waals surface area contributed by atoms with Crippen molar-refractivity contribution in [3.63, 3.8) is 0 Å². The van der Waals surface area contributed by atoms with E-state index in [1.54, 1.807) is 30.3 Å². The highest BCUT2D eigenvalue weighted by atomic mass is 35.5. The van der Waals surface area contributed by atoms with Crippen LogP contribution in [0.3, 0.4) is 0 Å². The first kappa shape index (κ1) is 15.1. The fourth-order valence-electron chi connectivity index (χ4n) is 1.46. The number of carbonyl (C=O) groups excluding carboxylic acids is 1. The summed E-state index contributed by atoms with van der Waals surface area (Å²) in [6, 6.07) is 8.84. The van der Waals surface area contributed by atoms with Gasteiger partial charge in [0.15, 0.2) is 4.83 Å². The Balaban J connectivity index is 1.97. The monoisotopic (exact) mass is 323 g/mol. The number of nitrogens with zero attached hydrogens (tertiary/aromatic N) is 1. The highest BCUT2D eigenvalue weighted by molar-refractivity contribution is 8.05. The lowest BCUT2D eigenvalue weighted by Crippen LogP contribution is -2.34. The van der Waals surface area contributed by atoms with Gasteiger partial charge in [0.05, 0.1) is 0 Å². The second-order valence-electron chi connectivity index (χ2n) is 3.84. The molecule has 1 heterocycles. The van der Waals surface area contributed by atoms with Crippen molar-refractivity contribution in [1.82, 2.24) is 4.90 Å². The van der Waals surface area contributed by atoms with Gasteiger partial charge in [-0.05, 0) is 5.56 Å². The van der Waals surface area contributed by atoms with Gasteiger partial charge < -0.3 is 4.74 Å². The molecule has 1 unspecified atom stereocenters. The summed E-state index contributed by atoms with van der Waals surface area (Å²) in [6.45, 7) is -0.00343. The van der Waals surface area contributed by atoms with E-state index >= 15 is 0 Å². The van der Waals surface area contributed by atoms with Crippen LogP contribution in [0.4, 0.5) is 13.2 Å². The van der Waals surface area contributed by atoms with Crippen LogP contribution in [0.2, 0.25) is 0 Å². The zero-order valence-corrected chi connectivity index (χ0v) is 11.5. The van der Waals surface area contributed by atoms with Crippen molar-refractivity contribution in [2.75, 3.05) is 0 Å². The normalized spacial score (nSPS) is 18.9. The van der Waals surface area contributed by atoms with Gasteiger partial charge in [-0.2, -0.15) is 13.2 Å². The average molecular weight is 324 g/mol. The van der Waals surface area contributed by atoms with Crippen LogP contribution in [0.5, 0.6) is 0 Å². The van der Waals surface area contributed by atoms with Gasteiger partial charge in [0.2, 0.25) is 0 Å². The summed E-state index contributed by atoms with van der Waals surface area (Å²) >= 11 is 6.13. The van der Waals surface area contributed by atoms with Crippen molar-refractivity contribution in [2.24, 2.45) is 0 Å². The van der Waals surface area contributed by atoms with Gasteiger partial charge in [-0.3, -0.25) is 4.90 Å². The Labute approximate surface area is 122 Å². The number of alkyl halides is 4. The predicted octanol–water partition coefficient (Wildman–Crippen LogP) is 3.66. The van der Waals surface area contributed by atoms with Gasteiger partial charge >= 0.3 is 12.3 Å². The number of halogens is 4. The fraction of sp³-hybridized carbons (Fsp3) is 0.250. The molecule has 1 aliphatic rings. The maximum absolute atomic E-state index is 12.5. The summed E-state index contributed by atoms with van der Waals surface area (Å²) in [6.07, 6.45) is -3.96. The molecule has 0 amide bonds. The molecule has 0 N–H and O–H groups in total. The molecule has 1 aromatic rings. The van der Waals surface area contributed by atoms with E-state index in [2.05, 4.69) is 0 Å². The smallest absolute Gasteiger partial charge is 0.457 e. The Morgan fingerprint density at radius 1 is 1.35 bits per heavy atom. The van der Waals surface area contributed by atoms with Gasteiger partial charge in [-0.1, -0.05) is 53.7 Å². The molecule has 2 rings (SSSR count). The molecule has 0 aliphatic carbocycles. The fourth-order valence-corrected chi connectivity index (χ4v) is 2.75. The summed E-state index contributed by atoms with van der Waals surface area (Å²) in [5.41, 5.74) is 0.750. The van der Waals surface area contributed by atoms with Crippen molar-refractivity contribution in [3.8, 4) is 0 Å². The molecule has 0 radical (unpaired) electrons. The molecule has 1 atom stereocenters. The van der Waals surface area contributed by atoms with Crippen LogP contribution in [-0.4, -0.2) is 22.0 Å². The van der Waals surface area contributed by atoms with Crippen LogP contribution in [0.15, 0.2) is 41.4 Å². The minimum Gasteiger partial charge on any atom is -0.457 e. The second-order valence-corrected chi connectivity index (χ2v) is 5.63. The maximum Gasteiger partial charge on any atom is 0.486 e. The van der Waals surface area contributed by atoms with E-state index in [1.165, 1.54) is 0 Å². The highest BCUT2D eigenvalue weighted by Crippen LogP contribution is 2.41. The molecule has 1 aliphatic heterocycles. The summed E-state index contributed by atoms with van der Waals surface area (Å²) < 4.78 is 42.5. The van der Waals surface area contributed by atoms with Crippen LogP contribution in [0.1, 0.15) is 5.56 Å². The van der Waals surface area contributed by atoms with Gasteiger partial charge in [0.1, 0.15) is 11.5 Å². The maximum atomic E-state index is 12.5. The number of benzene rings is 1. The van der Waals surface area contributed by atoms with Crippen molar-refractivity contribution >= 4 is 29.3 Å². The third kappa shape index (κ3) is 3.61. The molecule has 0 fully saturated rings. The first-order chi connectivity index (χ1) is 9.38. The lowest BCUT2D eigenvalue weighted by molar-refractivity contribution is -0.224. The van der Waals surface area contributed by atoms with E-state index in [4.69, 9.17) is 16.3 Å². The van der Waals surface area contributed by atoms with Crippen molar-refractivity contribution in [2.45, 2.75) is 17.7 Å². The number of ether oxygens (including phenoxy) is 1. The molecule has 8 heteroatoms.